The van der Waals surface area contributed by atoms with Gasteiger partial charge in [-0.1, -0.05) is 84.9 Å². The van der Waals surface area contributed by atoms with Gasteiger partial charge < -0.3 is 9.84 Å². The summed E-state index contributed by atoms with van der Waals surface area (Å²) in [5.74, 6) is -0.424. The van der Waals surface area contributed by atoms with Crippen molar-refractivity contribution in [1.82, 2.24) is 0 Å². The molecule has 130 valence electrons. The third kappa shape index (κ3) is 5.08. The molecule has 0 bridgehead atoms. The minimum Gasteiger partial charge on any atom is -0.478 e. The van der Waals surface area contributed by atoms with Crippen LogP contribution in [0.2, 0.25) is 0 Å². The molecule has 0 aliphatic heterocycles. The first-order valence-electron chi connectivity index (χ1n) is 8.47. The van der Waals surface area contributed by atoms with Gasteiger partial charge >= 0.3 is 5.97 Å². The monoisotopic (exact) mass is 344 g/mol. The van der Waals surface area contributed by atoms with E-state index in [0.717, 1.165) is 16.7 Å². The highest BCUT2D eigenvalue weighted by Crippen LogP contribution is 2.17. The molecule has 0 saturated heterocycles. The third-order valence-electron chi connectivity index (χ3n) is 3.97. The number of carboxylic acid groups (broad SMARTS) is 1. The second-order valence-electron chi connectivity index (χ2n) is 5.95. The van der Waals surface area contributed by atoms with Gasteiger partial charge in [0.25, 0.3) is 0 Å². The molecule has 3 heteroatoms. The zero-order valence-corrected chi connectivity index (χ0v) is 14.3. The molecule has 1 unspecified atom stereocenters. The minimum atomic E-state index is -0.970. The van der Waals surface area contributed by atoms with Gasteiger partial charge in [0, 0.05) is 6.42 Å². The maximum absolute atomic E-state index is 11.5. The van der Waals surface area contributed by atoms with Gasteiger partial charge in [0.05, 0.1) is 0 Å². The molecule has 0 amide bonds. The first-order valence-corrected chi connectivity index (χ1v) is 8.47. The van der Waals surface area contributed by atoms with Crippen LogP contribution >= 0.6 is 0 Å². The Morgan fingerprint density at radius 3 is 1.92 bits per heavy atom. The number of hydrogen-bond donors (Lipinski definition) is 1. The largest absolute Gasteiger partial charge is 0.478 e. The van der Waals surface area contributed by atoms with Crippen molar-refractivity contribution in [2.24, 2.45) is 0 Å². The number of aliphatic carboxylic acids is 1. The maximum Gasteiger partial charge on any atom is 0.345 e. The highest BCUT2D eigenvalue weighted by molar-refractivity contribution is 5.73. The number of carboxylic acids is 1. The van der Waals surface area contributed by atoms with E-state index in [1.807, 2.05) is 84.9 Å². The highest BCUT2D eigenvalue weighted by Gasteiger charge is 2.19. The molecule has 0 spiro atoms. The van der Waals surface area contributed by atoms with Crippen LogP contribution < -0.4 is 4.74 Å². The Kier molecular flexibility index (Phi) is 5.84. The Morgan fingerprint density at radius 1 is 0.808 bits per heavy atom. The average Bonchev–Trinajstić information content (AvgIpc) is 2.68. The normalized spacial score (nSPS) is 12.0. The van der Waals surface area contributed by atoms with Gasteiger partial charge in [-0.15, -0.1) is 0 Å². The van der Waals surface area contributed by atoms with Gasteiger partial charge in [0.1, 0.15) is 5.75 Å². The van der Waals surface area contributed by atoms with E-state index in [1.54, 1.807) is 12.1 Å². The van der Waals surface area contributed by atoms with Gasteiger partial charge in [0.15, 0.2) is 6.10 Å². The number of hydrogen-bond acceptors (Lipinski definition) is 2. The van der Waals surface area contributed by atoms with Crippen molar-refractivity contribution in [3.05, 3.63) is 102 Å². The molecule has 26 heavy (non-hydrogen) atoms. The minimum absolute atomic E-state index is 0.325. The third-order valence-corrected chi connectivity index (χ3v) is 3.97. The zero-order valence-electron chi connectivity index (χ0n) is 14.3. The number of carbonyl (C=O) groups is 1. The summed E-state index contributed by atoms with van der Waals surface area (Å²) in [7, 11) is 0. The Balaban J connectivity index is 1.65. The molecule has 3 aromatic carbocycles. The van der Waals surface area contributed by atoms with Crippen LogP contribution in [-0.2, 0) is 11.2 Å². The molecule has 0 aliphatic rings. The van der Waals surface area contributed by atoms with E-state index < -0.39 is 12.1 Å². The summed E-state index contributed by atoms with van der Waals surface area (Å²) in [6.45, 7) is 0. The van der Waals surface area contributed by atoms with Crippen molar-refractivity contribution < 1.29 is 14.6 Å². The summed E-state index contributed by atoms with van der Waals surface area (Å²) < 4.78 is 5.67. The van der Waals surface area contributed by atoms with E-state index in [0.29, 0.717) is 12.2 Å². The fourth-order valence-corrected chi connectivity index (χ4v) is 2.59. The van der Waals surface area contributed by atoms with Gasteiger partial charge in [-0.05, 0) is 28.8 Å². The Morgan fingerprint density at radius 2 is 1.35 bits per heavy atom. The summed E-state index contributed by atoms with van der Waals surface area (Å²) in [6.07, 6.45) is 3.46. The van der Waals surface area contributed by atoms with Crippen LogP contribution in [0.1, 0.15) is 16.7 Å². The smallest absolute Gasteiger partial charge is 0.345 e. The quantitative estimate of drug-likeness (QED) is 0.618. The number of ether oxygens (including phenoxy) is 1. The molecular formula is C23H20O3. The molecule has 3 aromatic rings. The van der Waals surface area contributed by atoms with Crippen LogP contribution in [0.4, 0.5) is 0 Å². The van der Waals surface area contributed by atoms with E-state index in [1.165, 1.54) is 0 Å². The van der Waals surface area contributed by atoms with Crippen molar-refractivity contribution in [3.63, 3.8) is 0 Å². The van der Waals surface area contributed by atoms with Crippen LogP contribution in [0, 0.1) is 0 Å². The van der Waals surface area contributed by atoms with E-state index in [2.05, 4.69) is 0 Å². The van der Waals surface area contributed by atoms with Crippen molar-refractivity contribution in [2.75, 3.05) is 0 Å². The number of benzene rings is 3. The highest BCUT2D eigenvalue weighted by atomic mass is 16.5. The SMILES string of the molecule is O=C(O)C(Cc1ccccc1)Oc1ccc(/C=C/c2ccccc2)cc1. The summed E-state index contributed by atoms with van der Waals surface area (Å²) >= 11 is 0. The summed E-state index contributed by atoms with van der Waals surface area (Å²) in [4.78, 5) is 11.5. The number of rotatable bonds is 7. The first kappa shape index (κ1) is 17.5. The molecule has 0 radical (unpaired) electrons. The summed E-state index contributed by atoms with van der Waals surface area (Å²) in [6, 6.07) is 27.0. The Labute approximate surface area is 153 Å². The van der Waals surface area contributed by atoms with E-state index in [4.69, 9.17) is 4.74 Å². The Hall–Kier alpha value is -3.33. The molecule has 0 aromatic heterocycles. The lowest BCUT2D eigenvalue weighted by atomic mass is 10.1. The van der Waals surface area contributed by atoms with Crippen LogP contribution in [-0.4, -0.2) is 17.2 Å². The van der Waals surface area contributed by atoms with Gasteiger partial charge in [-0.3, -0.25) is 0 Å². The van der Waals surface area contributed by atoms with Gasteiger partial charge in [-0.2, -0.15) is 0 Å². The van der Waals surface area contributed by atoms with Crippen molar-refractivity contribution in [2.45, 2.75) is 12.5 Å². The van der Waals surface area contributed by atoms with E-state index >= 15 is 0 Å². The fraction of sp³-hybridized carbons (Fsp3) is 0.0870. The van der Waals surface area contributed by atoms with E-state index in [-0.39, 0.29) is 0 Å². The molecule has 0 heterocycles. The molecular weight excluding hydrogens is 324 g/mol. The second-order valence-corrected chi connectivity index (χ2v) is 5.95. The predicted octanol–water partition coefficient (Wildman–Crippen LogP) is 4.93. The van der Waals surface area contributed by atoms with Gasteiger partial charge in [-0.25, -0.2) is 4.79 Å². The van der Waals surface area contributed by atoms with Crippen LogP contribution in [0.5, 0.6) is 5.75 Å². The molecule has 3 nitrogen and oxygen atoms in total. The molecule has 1 atom stereocenters. The lowest BCUT2D eigenvalue weighted by Crippen LogP contribution is -2.29. The molecule has 3 rings (SSSR count). The van der Waals surface area contributed by atoms with Crippen LogP contribution in [0.15, 0.2) is 84.9 Å². The second kappa shape index (κ2) is 8.67. The fourth-order valence-electron chi connectivity index (χ4n) is 2.59. The summed E-state index contributed by atoms with van der Waals surface area (Å²) in [5.41, 5.74) is 3.08. The lowest BCUT2D eigenvalue weighted by Gasteiger charge is -2.15. The van der Waals surface area contributed by atoms with Crippen molar-refractivity contribution >= 4 is 18.1 Å². The van der Waals surface area contributed by atoms with Crippen LogP contribution in [0.25, 0.3) is 12.2 Å². The van der Waals surface area contributed by atoms with Crippen LogP contribution in [0.3, 0.4) is 0 Å². The Bertz CT molecular complexity index is 853. The van der Waals surface area contributed by atoms with Gasteiger partial charge in [0.2, 0.25) is 0 Å². The standard InChI is InChI=1S/C23H20O3/c24-23(25)22(17-20-9-5-2-6-10-20)26-21-15-13-19(14-16-21)12-11-18-7-3-1-4-8-18/h1-16,22H,17H2,(H,24,25)/b12-11+. The molecule has 0 saturated carbocycles. The predicted molar refractivity (Wildman–Crippen MR) is 104 cm³/mol. The van der Waals surface area contributed by atoms with E-state index in [9.17, 15) is 9.90 Å². The van der Waals surface area contributed by atoms with Crippen molar-refractivity contribution in [3.8, 4) is 5.75 Å². The lowest BCUT2D eigenvalue weighted by molar-refractivity contribution is -0.145. The topological polar surface area (TPSA) is 46.5 Å². The first-order chi connectivity index (χ1) is 12.7. The molecule has 1 N–H and O–H groups in total. The zero-order chi connectivity index (χ0) is 18.2. The maximum atomic E-state index is 11.5. The summed E-state index contributed by atoms with van der Waals surface area (Å²) in [5, 5.41) is 9.42. The average molecular weight is 344 g/mol. The molecule has 0 fully saturated rings. The van der Waals surface area contributed by atoms with Crippen molar-refractivity contribution in [1.29, 1.82) is 0 Å². The molecule has 0 aliphatic carbocycles.